The van der Waals surface area contributed by atoms with Gasteiger partial charge in [-0.2, -0.15) is 0 Å². The van der Waals surface area contributed by atoms with E-state index in [1.807, 2.05) is 30.3 Å². The fourth-order valence-corrected chi connectivity index (χ4v) is 2.16. The zero-order valence-corrected chi connectivity index (χ0v) is 11.5. The molecule has 1 aliphatic heterocycles. The zero-order valence-electron chi connectivity index (χ0n) is 11.5. The van der Waals surface area contributed by atoms with E-state index in [0.717, 1.165) is 5.69 Å². The van der Waals surface area contributed by atoms with Gasteiger partial charge in [-0.05, 0) is 12.1 Å². The van der Waals surface area contributed by atoms with Gasteiger partial charge in [0.2, 0.25) is 0 Å². The molecule has 0 bridgehead atoms. The lowest BCUT2D eigenvalue weighted by Crippen LogP contribution is -2.54. The minimum atomic E-state index is -0.271. The second kappa shape index (κ2) is 6.91. The third-order valence-corrected chi connectivity index (χ3v) is 3.21. The van der Waals surface area contributed by atoms with Crippen LogP contribution in [0.15, 0.2) is 30.3 Å². The van der Waals surface area contributed by atoms with Gasteiger partial charge >= 0.3 is 12.0 Å². The maximum absolute atomic E-state index is 12.1. The van der Waals surface area contributed by atoms with Crippen molar-refractivity contribution in [2.24, 2.45) is 0 Å². The third-order valence-electron chi connectivity index (χ3n) is 3.21. The van der Waals surface area contributed by atoms with Crippen LogP contribution < -0.4 is 10.6 Å². The molecule has 0 saturated carbocycles. The van der Waals surface area contributed by atoms with Gasteiger partial charge in [0.25, 0.3) is 0 Å². The average molecular weight is 277 g/mol. The smallest absolute Gasteiger partial charge is 0.321 e. The van der Waals surface area contributed by atoms with E-state index in [-0.39, 0.29) is 24.5 Å². The summed E-state index contributed by atoms with van der Waals surface area (Å²) >= 11 is 0. The van der Waals surface area contributed by atoms with E-state index in [1.165, 1.54) is 7.11 Å². The molecule has 1 unspecified atom stereocenters. The van der Waals surface area contributed by atoms with Crippen LogP contribution in [0.3, 0.4) is 0 Å². The molecule has 0 aromatic heterocycles. The number of esters is 1. The molecule has 0 aliphatic carbocycles. The van der Waals surface area contributed by atoms with E-state index < -0.39 is 0 Å². The number of amides is 2. The fourth-order valence-electron chi connectivity index (χ4n) is 2.16. The number of benzene rings is 1. The Balaban J connectivity index is 1.88. The monoisotopic (exact) mass is 277 g/mol. The number of nitrogens with zero attached hydrogens (tertiary/aromatic N) is 1. The zero-order chi connectivity index (χ0) is 14.4. The number of nitrogens with one attached hydrogen (secondary N) is 2. The van der Waals surface area contributed by atoms with Crippen LogP contribution >= 0.6 is 0 Å². The summed E-state index contributed by atoms with van der Waals surface area (Å²) in [7, 11) is 1.37. The van der Waals surface area contributed by atoms with Crippen molar-refractivity contribution in [2.75, 3.05) is 32.1 Å². The van der Waals surface area contributed by atoms with E-state index in [4.69, 9.17) is 0 Å². The van der Waals surface area contributed by atoms with Crippen molar-refractivity contribution >= 4 is 17.7 Å². The minimum Gasteiger partial charge on any atom is -0.469 e. The van der Waals surface area contributed by atoms with Crippen LogP contribution in [-0.4, -0.2) is 49.7 Å². The van der Waals surface area contributed by atoms with Crippen LogP contribution in [-0.2, 0) is 9.53 Å². The molecule has 108 valence electrons. The number of para-hydroxylation sites is 1. The maximum atomic E-state index is 12.1. The summed E-state index contributed by atoms with van der Waals surface area (Å²) in [4.78, 5) is 25.1. The van der Waals surface area contributed by atoms with E-state index in [9.17, 15) is 9.59 Å². The first-order valence-corrected chi connectivity index (χ1v) is 6.60. The molecule has 1 atom stereocenters. The summed E-state index contributed by atoms with van der Waals surface area (Å²) in [5.41, 5.74) is 0.764. The molecule has 6 heteroatoms. The first-order valence-electron chi connectivity index (χ1n) is 6.60. The minimum absolute atomic E-state index is 0.0577. The molecule has 6 nitrogen and oxygen atoms in total. The van der Waals surface area contributed by atoms with Crippen LogP contribution in [0.1, 0.15) is 6.42 Å². The Morgan fingerprint density at radius 3 is 2.85 bits per heavy atom. The summed E-state index contributed by atoms with van der Waals surface area (Å²) in [6, 6.07) is 9.11. The Kier molecular flexibility index (Phi) is 4.95. The summed E-state index contributed by atoms with van der Waals surface area (Å²) in [6.45, 7) is 1.79. The molecule has 2 amide bonds. The number of hydrogen-bond donors (Lipinski definition) is 2. The second-order valence-electron chi connectivity index (χ2n) is 4.67. The highest BCUT2D eigenvalue weighted by molar-refractivity contribution is 5.89. The molecule has 1 fully saturated rings. The number of hydrogen-bond acceptors (Lipinski definition) is 4. The molecule has 1 saturated heterocycles. The highest BCUT2D eigenvalue weighted by Gasteiger charge is 2.25. The lowest BCUT2D eigenvalue weighted by molar-refractivity contribution is -0.141. The number of urea groups is 1. The number of carbonyl (C=O) groups is 2. The predicted molar refractivity (Wildman–Crippen MR) is 75.5 cm³/mol. The second-order valence-corrected chi connectivity index (χ2v) is 4.67. The van der Waals surface area contributed by atoms with Gasteiger partial charge in [0.15, 0.2) is 0 Å². The number of anilines is 1. The number of ether oxygens (including phenoxy) is 1. The highest BCUT2D eigenvalue weighted by Crippen LogP contribution is 2.09. The van der Waals surface area contributed by atoms with Crippen molar-refractivity contribution in [3.63, 3.8) is 0 Å². The third kappa shape index (κ3) is 3.96. The highest BCUT2D eigenvalue weighted by atomic mass is 16.5. The largest absolute Gasteiger partial charge is 0.469 e. The number of rotatable bonds is 3. The topological polar surface area (TPSA) is 70.7 Å². The Morgan fingerprint density at radius 2 is 2.15 bits per heavy atom. The van der Waals surface area contributed by atoms with Crippen LogP contribution in [0.5, 0.6) is 0 Å². The SMILES string of the molecule is COC(=O)CC1CN(C(=O)Nc2ccccc2)CCN1. The molecule has 1 aromatic rings. The van der Waals surface area contributed by atoms with Gasteiger partial charge in [-0.3, -0.25) is 4.79 Å². The molecular weight excluding hydrogens is 258 g/mol. The number of piperazine rings is 1. The summed E-state index contributed by atoms with van der Waals surface area (Å²) in [5.74, 6) is -0.271. The summed E-state index contributed by atoms with van der Waals surface area (Å²) < 4.78 is 4.65. The lowest BCUT2D eigenvalue weighted by Gasteiger charge is -2.33. The van der Waals surface area contributed by atoms with Gasteiger partial charge in [-0.1, -0.05) is 18.2 Å². The summed E-state index contributed by atoms with van der Waals surface area (Å²) in [5, 5.41) is 6.05. The van der Waals surface area contributed by atoms with Crippen molar-refractivity contribution in [1.82, 2.24) is 10.2 Å². The van der Waals surface area contributed by atoms with Crippen molar-refractivity contribution < 1.29 is 14.3 Å². The van der Waals surface area contributed by atoms with Crippen LogP contribution in [0.4, 0.5) is 10.5 Å². The first-order chi connectivity index (χ1) is 9.69. The molecule has 0 radical (unpaired) electrons. The number of methoxy groups -OCH3 is 1. The van der Waals surface area contributed by atoms with Crippen molar-refractivity contribution in [3.05, 3.63) is 30.3 Å². The van der Waals surface area contributed by atoms with E-state index in [1.54, 1.807) is 4.90 Å². The van der Waals surface area contributed by atoms with Crippen molar-refractivity contribution in [1.29, 1.82) is 0 Å². The molecule has 20 heavy (non-hydrogen) atoms. The molecule has 1 heterocycles. The first kappa shape index (κ1) is 14.3. The molecule has 0 spiro atoms. The van der Waals surface area contributed by atoms with Crippen molar-refractivity contribution in [2.45, 2.75) is 12.5 Å². The van der Waals surface area contributed by atoms with Gasteiger partial charge in [0.1, 0.15) is 0 Å². The van der Waals surface area contributed by atoms with E-state index in [0.29, 0.717) is 19.6 Å². The van der Waals surface area contributed by atoms with E-state index >= 15 is 0 Å². The Labute approximate surface area is 118 Å². The Hall–Kier alpha value is -2.08. The molecule has 2 rings (SSSR count). The maximum Gasteiger partial charge on any atom is 0.321 e. The fraction of sp³-hybridized carbons (Fsp3) is 0.429. The van der Waals surface area contributed by atoms with Gasteiger partial charge in [0, 0.05) is 31.4 Å². The van der Waals surface area contributed by atoms with E-state index in [2.05, 4.69) is 15.4 Å². The molecular formula is C14H19N3O3. The van der Waals surface area contributed by atoms with Crippen molar-refractivity contribution in [3.8, 4) is 0 Å². The number of carbonyl (C=O) groups excluding carboxylic acids is 2. The Morgan fingerprint density at radius 1 is 1.40 bits per heavy atom. The van der Waals surface area contributed by atoms with Gasteiger partial charge in [-0.25, -0.2) is 4.79 Å². The Bertz CT molecular complexity index is 464. The predicted octanol–water partition coefficient (Wildman–Crippen LogP) is 1.06. The van der Waals surface area contributed by atoms with Gasteiger partial charge < -0.3 is 20.3 Å². The van der Waals surface area contributed by atoms with Crippen LogP contribution in [0.25, 0.3) is 0 Å². The van der Waals surface area contributed by atoms with Gasteiger partial charge in [0.05, 0.1) is 13.5 Å². The molecule has 2 N–H and O–H groups in total. The van der Waals surface area contributed by atoms with Crippen LogP contribution in [0, 0.1) is 0 Å². The normalized spacial score (nSPS) is 18.4. The lowest BCUT2D eigenvalue weighted by atomic mass is 10.1. The average Bonchev–Trinajstić information content (AvgIpc) is 2.48. The van der Waals surface area contributed by atoms with Crippen LogP contribution in [0.2, 0.25) is 0 Å². The standard InChI is InChI=1S/C14H19N3O3/c1-20-13(18)9-12-10-17(8-7-15-12)14(19)16-11-5-3-2-4-6-11/h2-6,12,15H,7-10H2,1H3,(H,16,19). The summed E-state index contributed by atoms with van der Waals surface area (Å²) in [6.07, 6.45) is 0.269. The quantitative estimate of drug-likeness (QED) is 0.810. The molecule has 1 aliphatic rings. The van der Waals surface area contributed by atoms with Gasteiger partial charge in [-0.15, -0.1) is 0 Å². The molecule has 1 aromatic carbocycles.